The second-order valence-corrected chi connectivity index (χ2v) is 6.37. The van der Waals surface area contributed by atoms with Crippen LogP contribution in [0.4, 0.5) is 4.79 Å². The van der Waals surface area contributed by atoms with Crippen LogP contribution in [0.5, 0.6) is 0 Å². The molecule has 20 heavy (non-hydrogen) atoms. The molecule has 1 atom stereocenters. The number of hydrogen-bond donors (Lipinski definition) is 1. The summed E-state index contributed by atoms with van der Waals surface area (Å²) in [6.07, 6.45) is 5.58. The van der Waals surface area contributed by atoms with Crippen molar-refractivity contribution >= 4 is 6.09 Å². The van der Waals surface area contributed by atoms with Gasteiger partial charge in [0.25, 0.3) is 0 Å². The Labute approximate surface area is 120 Å². The number of aryl methyl sites for hydroxylation is 2. The molecule has 0 bridgehead atoms. The largest absolute Gasteiger partial charge is 0.444 e. The quantitative estimate of drug-likeness (QED) is 0.847. The zero-order valence-corrected chi connectivity index (χ0v) is 12.9. The molecule has 0 spiro atoms. The molecule has 1 aromatic rings. The molecule has 112 valence electrons. The summed E-state index contributed by atoms with van der Waals surface area (Å²) in [5.74, 6) is 0. The maximum absolute atomic E-state index is 11.9. The molecule has 5 heteroatoms. The van der Waals surface area contributed by atoms with Crippen LogP contribution in [0, 0.1) is 0 Å². The van der Waals surface area contributed by atoms with E-state index >= 15 is 0 Å². The molecular weight excluding hydrogens is 254 g/mol. The first kappa shape index (κ1) is 14.9. The van der Waals surface area contributed by atoms with E-state index in [9.17, 15) is 4.79 Å². The van der Waals surface area contributed by atoms with Gasteiger partial charge >= 0.3 is 6.09 Å². The third-order valence-corrected chi connectivity index (χ3v) is 3.49. The van der Waals surface area contributed by atoms with E-state index in [0.29, 0.717) is 0 Å². The lowest BCUT2D eigenvalue weighted by atomic mass is 10.1. The molecule has 0 unspecified atom stereocenters. The summed E-state index contributed by atoms with van der Waals surface area (Å²) in [6.45, 7) is 8.60. The molecule has 1 aliphatic rings. The molecule has 0 saturated carbocycles. The summed E-state index contributed by atoms with van der Waals surface area (Å²) in [6, 6.07) is 0.132. The summed E-state index contributed by atoms with van der Waals surface area (Å²) in [5.41, 5.74) is 2.12. The maximum atomic E-state index is 11.9. The first-order valence-electron chi connectivity index (χ1n) is 7.42. The van der Waals surface area contributed by atoms with Gasteiger partial charge in [-0.2, -0.15) is 5.10 Å². The van der Waals surface area contributed by atoms with Crippen molar-refractivity contribution in [2.45, 2.75) is 71.6 Å². The normalized spacial score (nSPS) is 19.1. The highest BCUT2D eigenvalue weighted by atomic mass is 16.6. The van der Waals surface area contributed by atoms with E-state index in [2.05, 4.69) is 17.3 Å². The summed E-state index contributed by atoms with van der Waals surface area (Å²) in [7, 11) is 0. The van der Waals surface area contributed by atoms with Crippen molar-refractivity contribution in [3.8, 4) is 0 Å². The average Bonchev–Trinajstić information content (AvgIpc) is 2.58. The van der Waals surface area contributed by atoms with Crippen molar-refractivity contribution in [1.29, 1.82) is 0 Å². The molecule has 0 radical (unpaired) electrons. The van der Waals surface area contributed by atoms with E-state index in [1.165, 1.54) is 11.3 Å². The first-order chi connectivity index (χ1) is 9.39. The van der Waals surface area contributed by atoms with Crippen molar-refractivity contribution in [3.63, 3.8) is 0 Å². The van der Waals surface area contributed by atoms with E-state index in [-0.39, 0.29) is 12.1 Å². The Morgan fingerprint density at radius 3 is 2.95 bits per heavy atom. The van der Waals surface area contributed by atoms with Crippen LogP contribution in [0.2, 0.25) is 0 Å². The van der Waals surface area contributed by atoms with Crippen molar-refractivity contribution in [2.24, 2.45) is 0 Å². The van der Waals surface area contributed by atoms with Crippen LogP contribution in [0.15, 0.2) is 6.20 Å². The fourth-order valence-electron chi connectivity index (χ4n) is 2.64. The van der Waals surface area contributed by atoms with Gasteiger partial charge in [-0.25, -0.2) is 4.79 Å². The molecule has 1 aliphatic carbocycles. The number of hydrogen-bond acceptors (Lipinski definition) is 3. The van der Waals surface area contributed by atoms with Gasteiger partial charge in [0.2, 0.25) is 0 Å². The number of ether oxygens (including phenoxy) is 1. The van der Waals surface area contributed by atoms with Gasteiger partial charge in [-0.05, 0) is 52.5 Å². The fraction of sp³-hybridized carbons (Fsp3) is 0.733. The van der Waals surface area contributed by atoms with E-state index < -0.39 is 5.60 Å². The molecule has 0 aromatic carbocycles. The Kier molecular flexibility index (Phi) is 4.35. The second-order valence-electron chi connectivity index (χ2n) is 6.37. The predicted molar refractivity (Wildman–Crippen MR) is 77.7 cm³/mol. The van der Waals surface area contributed by atoms with Crippen LogP contribution in [0.3, 0.4) is 0 Å². The van der Waals surface area contributed by atoms with Gasteiger partial charge in [0.1, 0.15) is 5.60 Å². The van der Waals surface area contributed by atoms with E-state index in [1.807, 2.05) is 31.6 Å². The van der Waals surface area contributed by atoms with Crippen LogP contribution >= 0.6 is 0 Å². The smallest absolute Gasteiger partial charge is 0.407 e. The van der Waals surface area contributed by atoms with Gasteiger partial charge in [-0.3, -0.25) is 4.68 Å². The second kappa shape index (κ2) is 5.85. The molecule has 2 rings (SSSR count). The lowest BCUT2D eigenvalue weighted by Gasteiger charge is -2.23. The third kappa shape index (κ3) is 3.74. The number of nitrogens with zero attached hydrogens (tertiary/aromatic N) is 2. The number of carbonyl (C=O) groups is 1. The Balaban J connectivity index is 2.02. The average molecular weight is 279 g/mol. The highest BCUT2D eigenvalue weighted by molar-refractivity contribution is 5.68. The van der Waals surface area contributed by atoms with Crippen molar-refractivity contribution in [1.82, 2.24) is 15.1 Å². The Hall–Kier alpha value is -1.52. The summed E-state index contributed by atoms with van der Waals surface area (Å²) in [5, 5.41) is 7.40. The minimum Gasteiger partial charge on any atom is -0.444 e. The van der Waals surface area contributed by atoms with Crippen LogP contribution < -0.4 is 5.32 Å². The Morgan fingerprint density at radius 1 is 1.55 bits per heavy atom. The minimum atomic E-state index is -0.453. The van der Waals surface area contributed by atoms with E-state index in [1.54, 1.807) is 0 Å². The summed E-state index contributed by atoms with van der Waals surface area (Å²) >= 11 is 0. The fourth-order valence-corrected chi connectivity index (χ4v) is 2.64. The molecule has 0 saturated heterocycles. The monoisotopic (exact) mass is 279 g/mol. The molecule has 1 N–H and O–H groups in total. The number of carbonyl (C=O) groups excluding carboxylic acids is 1. The predicted octanol–water partition coefficient (Wildman–Crippen LogP) is 2.68. The maximum Gasteiger partial charge on any atom is 0.407 e. The van der Waals surface area contributed by atoms with Gasteiger partial charge in [-0.1, -0.05) is 0 Å². The molecular formula is C15H25N3O2. The molecule has 1 heterocycles. The summed E-state index contributed by atoms with van der Waals surface area (Å²) in [4.78, 5) is 11.9. The molecule has 0 fully saturated rings. The minimum absolute atomic E-state index is 0.132. The lowest BCUT2D eigenvalue weighted by Crippen LogP contribution is -2.40. The molecule has 0 aliphatic heterocycles. The number of alkyl carbamates (subject to hydrolysis) is 1. The van der Waals surface area contributed by atoms with Gasteiger partial charge < -0.3 is 10.1 Å². The van der Waals surface area contributed by atoms with Gasteiger partial charge in [0.05, 0.1) is 6.20 Å². The van der Waals surface area contributed by atoms with Gasteiger partial charge in [-0.15, -0.1) is 0 Å². The van der Waals surface area contributed by atoms with Gasteiger partial charge in [0.15, 0.2) is 0 Å². The highest BCUT2D eigenvalue weighted by Crippen LogP contribution is 2.21. The Morgan fingerprint density at radius 2 is 2.30 bits per heavy atom. The number of rotatable bonds is 2. The van der Waals surface area contributed by atoms with Crippen LogP contribution in [-0.4, -0.2) is 27.5 Å². The standard InChI is InChI=1S/C15H25N3O2/c1-5-18-13-9-12(8-6-7-11(13)10-16-18)17-14(19)20-15(2,3)4/h10,12H,5-9H2,1-4H3,(H,17,19)/t12-/m1/s1. The third-order valence-electron chi connectivity index (χ3n) is 3.49. The highest BCUT2D eigenvalue weighted by Gasteiger charge is 2.24. The van der Waals surface area contributed by atoms with Gasteiger partial charge in [0, 0.05) is 24.7 Å². The SMILES string of the molecule is CCn1ncc2c1C[C@H](NC(=O)OC(C)(C)C)CCC2. The van der Waals surface area contributed by atoms with E-state index in [0.717, 1.165) is 32.2 Å². The number of nitrogens with one attached hydrogen (secondary N) is 1. The molecule has 1 amide bonds. The van der Waals surface area contributed by atoms with Crippen molar-refractivity contribution in [3.05, 3.63) is 17.5 Å². The molecule has 5 nitrogen and oxygen atoms in total. The lowest BCUT2D eigenvalue weighted by molar-refractivity contribution is 0.0501. The van der Waals surface area contributed by atoms with Crippen LogP contribution in [-0.2, 0) is 24.1 Å². The number of aromatic nitrogens is 2. The van der Waals surface area contributed by atoms with Crippen molar-refractivity contribution < 1.29 is 9.53 Å². The topological polar surface area (TPSA) is 56.2 Å². The van der Waals surface area contributed by atoms with Crippen LogP contribution in [0.25, 0.3) is 0 Å². The van der Waals surface area contributed by atoms with Crippen LogP contribution in [0.1, 0.15) is 51.8 Å². The first-order valence-corrected chi connectivity index (χ1v) is 7.42. The summed E-state index contributed by atoms with van der Waals surface area (Å²) < 4.78 is 7.37. The molecule has 1 aromatic heterocycles. The zero-order valence-electron chi connectivity index (χ0n) is 12.9. The van der Waals surface area contributed by atoms with E-state index in [4.69, 9.17) is 4.74 Å². The van der Waals surface area contributed by atoms with Crippen molar-refractivity contribution in [2.75, 3.05) is 0 Å². The number of fused-ring (bicyclic) bond motifs is 1. The zero-order chi connectivity index (χ0) is 14.8. The number of amides is 1. The Bertz CT molecular complexity index is 474.